The lowest BCUT2D eigenvalue weighted by molar-refractivity contribution is 0.0697. The van der Waals surface area contributed by atoms with Gasteiger partial charge in [-0.25, -0.2) is 4.79 Å². The van der Waals surface area contributed by atoms with Crippen molar-refractivity contribution in [1.29, 1.82) is 0 Å². The number of carboxylic acids is 1. The van der Waals surface area contributed by atoms with E-state index >= 15 is 0 Å². The molecule has 6 nitrogen and oxygen atoms in total. The van der Waals surface area contributed by atoms with Gasteiger partial charge in [0.2, 0.25) is 0 Å². The summed E-state index contributed by atoms with van der Waals surface area (Å²) in [6.45, 7) is 1.57. The molecule has 0 bridgehead atoms. The van der Waals surface area contributed by atoms with Crippen molar-refractivity contribution in [2.45, 2.75) is 25.6 Å². The standard InChI is InChI=1S/C13H16N4O2/c18-13(19)10-6-15-17(7-10)8-11-4-3-9-2-1-5-14-12(9)16-11/h3-4,6-7,12,14,16H,1-2,5,8H2,(H,18,19). The first-order chi connectivity index (χ1) is 9.22. The minimum absolute atomic E-state index is 0.211. The third kappa shape index (κ3) is 2.53. The molecule has 1 aromatic rings. The number of fused-ring (bicyclic) bond motifs is 1. The molecule has 2 aliphatic heterocycles. The SMILES string of the molecule is O=C(O)c1cnn(CC2=CC=C3CCCNC3N2)c1. The van der Waals surface area contributed by atoms with Crippen LogP contribution >= 0.6 is 0 Å². The van der Waals surface area contributed by atoms with Gasteiger partial charge in [0.25, 0.3) is 0 Å². The molecule has 1 atom stereocenters. The van der Waals surface area contributed by atoms with E-state index in [0.29, 0.717) is 6.54 Å². The molecule has 19 heavy (non-hydrogen) atoms. The molecular weight excluding hydrogens is 244 g/mol. The maximum Gasteiger partial charge on any atom is 0.338 e. The van der Waals surface area contributed by atoms with E-state index in [2.05, 4.69) is 21.8 Å². The maximum absolute atomic E-state index is 10.8. The van der Waals surface area contributed by atoms with E-state index in [-0.39, 0.29) is 11.7 Å². The van der Waals surface area contributed by atoms with E-state index in [4.69, 9.17) is 5.11 Å². The number of dihydropyridines is 1. The van der Waals surface area contributed by atoms with Gasteiger partial charge in [-0.1, -0.05) is 6.08 Å². The first-order valence-corrected chi connectivity index (χ1v) is 6.38. The zero-order chi connectivity index (χ0) is 13.2. The number of carbonyl (C=O) groups is 1. The monoisotopic (exact) mass is 260 g/mol. The fourth-order valence-electron chi connectivity index (χ4n) is 2.41. The normalized spacial score (nSPS) is 22.0. The van der Waals surface area contributed by atoms with E-state index in [9.17, 15) is 4.79 Å². The Balaban J connectivity index is 1.71. The number of carboxylic acid groups (broad SMARTS) is 1. The van der Waals surface area contributed by atoms with Crippen molar-refractivity contribution in [2.75, 3.05) is 6.54 Å². The summed E-state index contributed by atoms with van der Waals surface area (Å²) in [6.07, 6.45) is 9.60. The molecule has 1 saturated heterocycles. The van der Waals surface area contributed by atoms with Gasteiger partial charge < -0.3 is 10.4 Å². The highest BCUT2D eigenvalue weighted by Gasteiger charge is 2.21. The second-order valence-electron chi connectivity index (χ2n) is 4.80. The zero-order valence-electron chi connectivity index (χ0n) is 10.5. The Morgan fingerprint density at radius 3 is 3.21 bits per heavy atom. The van der Waals surface area contributed by atoms with E-state index in [1.807, 2.05) is 6.08 Å². The van der Waals surface area contributed by atoms with E-state index in [0.717, 1.165) is 18.7 Å². The lowest BCUT2D eigenvalue weighted by Crippen LogP contribution is -2.48. The van der Waals surface area contributed by atoms with E-state index in [1.165, 1.54) is 18.2 Å². The van der Waals surface area contributed by atoms with Crippen LogP contribution in [0, 0.1) is 0 Å². The number of aromatic nitrogens is 2. The average Bonchev–Trinajstić information content (AvgIpc) is 2.87. The minimum atomic E-state index is -0.951. The van der Waals surface area contributed by atoms with Crippen molar-refractivity contribution in [3.8, 4) is 0 Å². The lowest BCUT2D eigenvalue weighted by Gasteiger charge is -2.32. The van der Waals surface area contributed by atoms with Gasteiger partial charge in [-0.2, -0.15) is 5.10 Å². The molecule has 0 radical (unpaired) electrons. The number of hydrogen-bond acceptors (Lipinski definition) is 4. The highest BCUT2D eigenvalue weighted by molar-refractivity contribution is 5.86. The smallest absolute Gasteiger partial charge is 0.338 e. The molecule has 3 heterocycles. The largest absolute Gasteiger partial charge is 0.478 e. The molecule has 3 rings (SSSR count). The summed E-state index contributed by atoms with van der Waals surface area (Å²) in [7, 11) is 0. The maximum atomic E-state index is 10.8. The number of rotatable bonds is 3. The van der Waals surface area contributed by atoms with Crippen LogP contribution in [0.2, 0.25) is 0 Å². The van der Waals surface area contributed by atoms with Gasteiger partial charge in [0.1, 0.15) is 0 Å². The van der Waals surface area contributed by atoms with Crippen LogP contribution in [0.15, 0.2) is 35.8 Å². The van der Waals surface area contributed by atoms with Gasteiger partial charge in [-0.3, -0.25) is 10.00 Å². The van der Waals surface area contributed by atoms with Crippen LogP contribution in [-0.2, 0) is 6.54 Å². The summed E-state index contributed by atoms with van der Waals surface area (Å²) in [6, 6.07) is 0. The molecule has 6 heteroatoms. The van der Waals surface area contributed by atoms with Crippen LogP contribution in [0.4, 0.5) is 0 Å². The Morgan fingerprint density at radius 1 is 1.53 bits per heavy atom. The first kappa shape index (κ1) is 12.0. The number of nitrogens with one attached hydrogen (secondary N) is 2. The molecule has 100 valence electrons. The quantitative estimate of drug-likeness (QED) is 0.745. The first-order valence-electron chi connectivity index (χ1n) is 6.38. The summed E-state index contributed by atoms with van der Waals surface area (Å²) in [5.41, 5.74) is 2.62. The van der Waals surface area contributed by atoms with Gasteiger partial charge >= 0.3 is 5.97 Å². The number of allylic oxidation sites excluding steroid dienone is 3. The van der Waals surface area contributed by atoms with Gasteiger partial charge in [-0.15, -0.1) is 0 Å². The molecule has 1 aromatic heterocycles. The summed E-state index contributed by atoms with van der Waals surface area (Å²) in [5, 5.41) is 19.7. The summed E-state index contributed by atoms with van der Waals surface area (Å²) >= 11 is 0. The van der Waals surface area contributed by atoms with Crippen molar-refractivity contribution >= 4 is 5.97 Å². The third-order valence-corrected chi connectivity index (χ3v) is 3.40. The van der Waals surface area contributed by atoms with Crippen LogP contribution in [0.1, 0.15) is 23.2 Å². The molecule has 3 N–H and O–H groups in total. The van der Waals surface area contributed by atoms with Crippen LogP contribution < -0.4 is 10.6 Å². The minimum Gasteiger partial charge on any atom is -0.478 e. The number of aromatic carboxylic acids is 1. The van der Waals surface area contributed by atoms with Crippen molar-refractivity contribution in [3.63, 3.8) is 0 Å². The Hall–Kier alpha value is -2.08. The fraction of sp³-hybridized carbons (Fsp3) is 0.385. The van der Waals surface area contributed by atoms with Crippen LogP contribution in [-0.4, -0.2) is 33.6 Å². The summed E-state index contributed by atoms with van der Waals surface area (Å²) in [5.74, 6) is -0.951. The fourth-order valence-corrected chi connectivity index (χ4v) is 2.41. The average molecular weight is 260 g/mol. The summed E-state index contributed by atoms with van der Waals surface area (Å²) in [4.78, 5) is 10.8. The van der Waals surface area contributed by atoms with E-state index in [1.54, 1.807) is 10.9 Å². The molecule has 1 unspecified atom stereocenters. The molecule has 0 amide bonds. The van der Waals surface area contributed by atoms with Gasteiger partial charge in [0.15, 0.2) is 0 Å². The number of hydrogen-bond donors (Lipinski definition) is 3. The van der Waals surface area contributed by atoms with Crippen molar-refractivity contribution in [2.24, 2.45) is 0 Å². The highest BCUT2D eigenvalue weighted by atomic mass is 16.4. The summed E-state index contributed by atoms with van der Waals surface area (Å²) < 4.78 is 1.63. The molecule has 0 spiro atoms. The molecule has 0 aliphatic carbocycles. The Labute approximate surface area is 110 Å². The molecule has 2 aliphatic rings. The Kier molecular flexibility index (Phi) is 3.08. The number of nitrogens with zero attached hydrogens (tertiary/aromatic N) is 2. The lowest BCUT2D eigenvalue weighted by atomic mass is 10.00. The molecule has 1 fully saturated rings. The topological polar surface area (TPSA) is 79.2 Å². The highest BCUT2D eigenvalue weighted by Crippen LogP contribution is 2.19. The number of piperidine rings is 1. The van der Waals surface area contributed by atoms with Crippen molar-refractivity contribution in [3.05, 3.63) is 41.4 Å². The molecule has 0 aromatic carbocycles. The predicted molar refractivity (Wildman–Crippen MR) is 69.5 cm³/mol. The predicted octanol–water partition coefficient (Wildman–Crippen LogP) is 0.704. The van der Waals surface area contributed by atoms with Crippen LogP contribution in [0.3, 0.4) is 0 Å². The van der Waals surface area contributed by atoms with Gasteiger partial charge in [-0.05, 0) is 31.0 Å². The second-order valence-corrected chi connectivity index (χ2v) is 4.80. The Bertz CT molecular complexity index is 559. The second kappa shape index (κ2) is 4.89. The van der Waals surface area contributed by atoms with Gasteiger partial charge in [0.05, 0.1) is 24.5 Å². The Morgan fingerprint density at radius 2 is 2.42 bits per heavy atom. The molecular formula is C13H16N4O2. The molecule has 0 saturated carbocycles. The zero-order valence-corrected chi connectivity index (χ0v) is 10.5. The van der Waals surface area contributed by atoms with Crippen LogP contribution in [0.5, 0.6) is 0 Å². The van der Waals surface area contributed by atoms with Gasteiger partial charge in [0, 0.05) is 11.9 Å². The van der Waals surface area contributed by atoms with Crippen LogP contribution in [0.25, 0.3) is 0 Å². The van der Waals surface area contributed by atoms with Crippen molar-refractivity contribution in [1.82, 2.24) is 20.4 Å². The third-order valence-electron chi connectivity index (χ3n) is 3.40. The van der Waals surface area contributed by atoms with E-state index < -0.39 is 5.97 Å². The van der Waals surface area contributed by atoms with Crippen molar-refractivity contribution < 1.29 is 9.90 Å².